The molecule has 9 nitrogen and oxygen atoms in total. The number of imide groups is 2. The van der Waals surface area contributed by atoms with Gasteiger partial charge in [-0.05, 0) is 31.0 Å². The minimum Gasteiger partial charge on any atom is -0.488 e. The van der Waals surface area contributed by atoms with E-state index in [0.29, 0.717) is 51.4 Å². The minimum atomic E-state index is -1.92. The van der Waals surface area contributed by atoms with Crippen LogP contribution in [0.25, 0.3) is 0 Å². The predicted molar refractivity (Wildman–Crippen MR) is 118 cm³/mol. The normalized spacial score (nSPS) is 25.5. The number of amides is 4. The highest BCUT2D eigenvalue weighted by Gasteiger charge is 2.45. The number of nitrogens with two attached hydrogens (primary N) is 1. The van der Waals surface area contributed by atoms with Crippen LogP contribution in [0, 0.1) is 11.7 Å². The first-order valence-corrected chi connectivity index (χ1v) is 11.0. The molecular weight excluding hydrogens is 476 g/mol. The molecule has 0 aliphatic carbocycles. The van der Waals surface area contributed by atoms with Gasteiger partial charge in [-0.2, -0.15) is 0 Å². The summed E-state index contributed by atoms with van der Waals surface area (Å²) in [4.78, 5) is 38.5. The molecule has 3 saturated heterocycles. The van der Waals surface area contributed by atoms with Crippen LogP contribution in [0.15, 0.2) is 18.2 Å². The Bertz CT molecular complexity index is 911. The number of ether oxygens (including phenoxy) is 3. The molecule has 1 aromatic carbocycles. The van der Waals surface area contributed by atoms with Crippen molar-refractivity contribution >= 4 is 30.3 Å². The van der Waals surface area contributed by atoms with Gasteiger partial charge in [0.1, 0.15) is 29.8 Å². The zero-order chi connectivity index (χ0) is 23.5. The van der Waals surface area contributed by atoms with Crippen LogP contribution in [-0.2, 0) is 19.1 Å². The van der Waals surface area contributed by atoms with Gasteiger partial charge in [0.2, 0.25) is 11.8 Å². The van der Waals surface area contributed by atoms with E-state index in [1.54, 1.807) is 0 Å². The molecule has 3 unspecified atom stereocenters. The van der Waals surface area contributed by atoms with Gasteiger partial charge in [0.05, 0.1) is 19.3 Å². The Balaban J connectivity index is 0.00000324. The number of barbiturate groups is 1. The van der Waals surface area contributed by atoms with Gasteiger partial charge in [-0.3, -0.25) is 19.8 Å². The first-order valence-electron chi connectivity index (χ1n) is 11.0. The molecule has 3 fully saturated rings. The van der Waals surface area contributed by atoms with E-state index in [2.05, 4.69) is 5.32 Å². The van der Waals surface area contributed by atoms with Crippen molar-refractivity contribution in [2.45, 2.75) is 50.0 Å². The lowest BCUT2D eigenvalue weighted by molar-refractivity contribution is -0.146. The fourth-order valence-corrected chi connectivity index (χ4v) is 4.35. The van der Waals surface area contributed by atoms with E-state index in [0.717, 1.165) is 11.0 Å². The number of nitrogens with one attached hydrogen (secondary N) is 1. The first kappa shape index (κ1) is 26.3. The van der Waals surface area contributed by atoms with Gasteiger partial charge >= 0.3 is 6.03 Å². The monoisotopic (exact) mass is 503 g/mol. The van der Waals surface area contributed by atoms with Crippen molar-refractivity contribution in [1.82, 2.24) is 10.2 Å². The largest absolute Gasteiger partial charge is 0.488 e. The molecule has 4 atom stereocenters. The molecule has 188 valence electrons. The molecule has 3 heterocycles. The van der Waals surface area contributed by atoms with Crippen LogP contribution in [-0.4, -0.2) is 67.5 Å². The highest BCUT2D eigenvalue weighted by atomic mass is 35.5. The van der Waals surface area contributed by atoms with E-state index in [-0.39, 0.29) is 24.1 Å². The van der Waals surface area contributed by atoms with Crippen molar-refractivity contribution in [1.29, 1.82) is 0 Å². The highest BCUT2D eigenvalue weighted by molar-refractivity contribution is 6.16. The van der Waals surface area contributed by atoms with Crippen LogP contribution in [0.3, 0.4) is 0 Å². The topological polar surface area (TPSA) is 120 Å². The van der Waals surface area contributed by atoms with Crippen LogP contribution in [0.1, 0.15) is 37.3 Å². The van der Waals surface area contributed by atoms with Crippen molar-refractivity contribution in [3.05, 3.63) is 29.6 Å². The third-order valence-corrected chi connectivity index (χ3v) is 6.22. The number of carbonyl (C=O) groups excluding carboxylic acids is 3. The Kier molecular flexibility index (Phi) is 8.80. The lowest BCUT2D eigenvalue weighted by Gasteiger charge is -2.37. The van der Waals surface area contributed by atoms with Gasteiger partial charge in [0.15, 0.2) is 0 Å². The van der Waals surface area contributed by atoms with Gasteiger partial charge in [-0.1, -0.05) is 0 Å². The first-order chi connectivity index (χ1) is 15.8. The fraction of sp³-hybridized carbons (Fsp3) is 0.591. The molecule has 3 aliphatic rings. The number of urea groups is 1. The second-order valence-corrected chi connectivity index (χ2v) is 8.46. The summed E-state index contributed by atoms with van der Waals surface area (Å²) in [6.07, 6.45) is -1.14. The Labute approximate surface area is 201 Å². The lowest BCUT2D eigenvalue weighted by Crippen LogP contribution is -2.62. The SMILES string of the molecule is Cl.NC(c1cc(O[C@H]2CCOC2)ccc1F)C(F)CC1C(=O)NC(=O)N(C2CCOCC2)C1=O. The van der Waals surface area contributed by atoms with Gasteiger partial charge in [0, 0.05) is 37.7 Å². The average Bonchev–Trinajstić information content (AvgIpc) is 3.31. The maximum absolute atomic E-state index is 15.2. The van der Waals surface area contributed by atoms with E-state index in [1.165, 1.54) is 12.1 Å². The van der Waals surface area contributed by atoms with Crippen molar-refractivity contribution in [2.24, 2.45) is 11.7 Å². The van der Waals surface area contributed by atoms with Gasteiger partial charge in [-0.15, -0.1) is 12.4 Å². The summed E-state index contributed by atoms with van der Waals surface area (Å²) in [7, 11) is 0. The molecular formula is C22H28ClF2N3O6. The van der Waals surface area contributed by atoms with E-state index < -0.39 is 54.3 Å². The summed E-state index contributed by atoms with van der Waals surface area (Å²) < 4.78 is 45.9. The molecule has 0 aromatic heterocycles. The number of benzene rings is 1. The number of hydrogen-bond acceptors (Lipinski definition) is 7. The summed E-state index contributed by atoms with van der Waals surface area (Å²) in [5.74, 6) is -3.50. The molecule has 4 rings (SSSR count). The maximum Gasteiger partial charge on any atom is 0.331 e. The number of halogens is 3. The second kappa shape index (κ2) is 11.4. The van der Waals surface area contributed by atoms with Gasteiger partial charge in [0.25, 0.3) is 0 Å². The van der Waals surface area contributed by atoms with Gasteiger partial charge in [-0.25, -0.2) is 13.6 Å². The Hall–Kier alpha value is -2.34. The third-order valence-electron chi connectivity index (χ3n) is 6.22. The smallest absolute Gasteiger partial charge is 0.331 e. The number of alkyl halides is 1. The number of carbonyl (C=O) groups is 3. The van der Waals surface area contributed by atoms with Gasteiger partial charge < -0.3 is 19.9 Å². The van der Waals surface area contributed by atoms with Crippen LogP contribution in [0.4, 0.5) is 13.6 Å². The summed E-state index contributed by atoms with van der Waals surface area (Å²) in [5.41, 5.74) is 5.87. The summed E-state index contributed by atoms with van der Waals surface area (Å²) in [5, 5.41) is 2.13. The molecule has 3 aliphatic heterocycles. The minimum absolute atomic E-state index is 0. The Morgan fingerprint density at radius 1 is 1.15 bits per heavy atom. The zero-order valence-electron chi connectivity index (χ0n) is 18.4. The van der Waals surface area contributed by atoms with Crippen molar-refractivity contribution in [3.63, 3.8) is 0 Å². The average molecular weight is 504 g/mol. The Morgan fingerprint density at radius 2 is 1.85 bits per heavy atom. The summed E-state index contributed by atoms with van der Waals surface area (Å²) in [6.45, 7) is 1.73. The molecule has 0 saturated carbocycles. The summed E-state index contributed by atoms with van der Waals surface area (Å²) >= 11 is 0. The quantitative estimate of drug-likeness (QED) is 0.546. The number of nitrogens with zero attached hydrogens (tertiary/aromatic N) is 1. The van der Waals surface area contributed by atoms with Crippen LogP contribution >= 0.6 is 12.4 Å². The second-order valence-electron chi connectivity index (χ2n) is 8.46. The molecule has 3 N–H and O–H groups in total. The van der Waals surface area contributed by atoms with Crippen LogP contribution in [0.5, 0.6) is 5.75 Å². The molecule has 34 heavy (non-hydrogen) atoms. The van der Waals surface area contributed by atoms with Crippen LogP contribution < -0.4 is 15.8 Å². The Morgan fingerprint density at radius 3 is 2.53 bits per heavy atom. The molecule has 4 amide bonds. The zero-order valence-corrected chi connectivity index (χ0v) is 19.2. The fourth-order valence-electron chi connectivity index (χ4n) is 4.35. The van der Waals surface area contributed by atoms with Crippen molar-refractivity contribution < 1.29 is 37.4 Å². The van der Waals surface area contributed by atoms with E-state index in [4.69, 9.17) is 19.9 Å². The molecule has 0 bridgehead atoms. The highest BCUT2D eigenvalue weighted by Crippen LogP contribution is 2.31. The summed E-state index contributed by atoms with van der Waals surface area (Å²) in [6, 6.07) is 1.19. The molecule has 1 aromatic rings. The van der Waals surface area contributed by atoms with Crippen LogP contribution in [0.2, 0.25) is 0 Å². The lowest BCUT2D eigenvalue weighted by atomic mass is 9.91. The number of hydrogen-bond donors (Lipinski definition) is 2. The van der Waals surface area contributed by atoms with Crippen molar-refractivity contribution in [3.8, 4) is 5.75 Å². The van der Waals surface area contributed by atoms with E-state index >= 15 is 4.39 Å². The van der Waals surface area contributed by atoms with Crippen molar-refractivity contribution in [2.75, 3.05) is 26.4 Å². The van der Waals surface area contributed by atoms with E-state index in [1.807, 2.05) is 0 Å². The standard InChI is InChI=1S/C22H27F2N3O6.ClH/c23-17-2-1-13(33-14-5-8-32-11-14)9-15(17)19(25)18(24)10-16-20(28)26-22(30)27(21(16)29)12-3-6-31-7-4-12;/h1-2,9,12,14,16,18-19H,3-8,10-11,25H2,(H,26,28,30);1H/t14-,16?,18?,19?;/m0./s1. The molecule has 0 radical (unpaired) electrons. The maximum atomic E-state index is 15.2. The molecule has 0 spiro atoms. The third kappa shape index (κ3) is 5.65. The number of rotatable bonds is 7. The molecule has 12 heteroatoms. The predicted octanol–water partition coefficient (Wildman–Crippen LogP) is 2.02. The van der Waals surface area contributed by atoms with E-state index in [9.17, 15) is 18.8 Å².